The van der Waals surface area contributed by atoms with Gasteiger partial charge in [0.25, 0.3) is 0 Å². The van der Waals surface area contributed by atoms with Gasteiger partial charge in [-0.2, -0.15) is 0 Å². The van der Waals surface area contributed by atoms with E-state index in [2.05, 4.69) is 0 Å². The van der Waals surface area contributed by atoms with E-state index in [1.165, 1.54) is 0 Å². The van der Waals surface area contributed by atoms with Gasteiger partial charge in [-0.1, -0.05) is 11.6 Å². The van der Waals surface area contributed by atoms with E-state index in [1.54, 1.807) is 18.2 Å². The van der Waals surface area contributed by atoms with Crippen molar-refractivity contribution >= 4 is 47.8 Å². The van der Waals surface area contributed by atoms with Gasteiger partial charge in [0.2, 0.25) is 0 Å². The molecule has 0 amide bonds. The summed E-state index contributed by atoms with van der Waals surface area (Å²) in [5.74, 6) is 0. The van der Waals surface area contributed by atoms with E-state index in [1.807, 2.05) is 0 Å². The summed E-state index contributed by atoms with van der Waals surface area (Å²) in [5, 5.41) is 0.509. The average molecular weight is 216 g/mol. The molecule has 0 aliphatic carbocycles. The highest BCUT2D eigenvalue weighted by Crippen LogP contribution is 2.20. The van der Waals surface area contributed by atoms with Crippen LogP contribution in [-0.2, 0) is 0 Å². The van der Waals surface area contributed by atoms with Gasteiger partial charge in [-0.3, -0.25) is 0 Å². The van der Waals surface area contributed by atoms with Crippen molar-refractivity contribution in [1.29, 1.82) is 0 Å². The molecule has 1 aromatic rings. The van der Waals surface area contributed by atoms with Gasteiger partial charge in [-0.15, -0.1) is 24.8 Å². The van der Waals surface area contributed by atoms with E-state index in [9.17, 15) is 0 Å². The molecule has 0 heterocycles. The second-order valence-electron chi connectivity index (χ2n) is 1.78. The van der Waals surface area contributed by atoms with Crippen LogP contribution in [0.1, 0.15) is 0 Å². The third kappa shape index (κ3) is 3.56. The number of rotatable bonds is 0. The summed E-state index contributed by atoms with van der Waals surface area (Å²) in [4.78, 5) is 0. The Morgan fingerprint density at radius 2 is 1.64 bits per heavy atom. The van der Waals surface area contributed by atoms with Gasteiger partial charge in [-0.05, 0) is 18.2 Å². The molecule has 0 aliphatic heterocycles. The summed E-state index contributed by atoms with van der Waals surface area (Å²) in [7, 11) is 0. The fourth-order valence-corrected chi connectivity index (χ4v) is 0.732. The minimum Gasteiger partial charge on any atom is -0.399 e. The van der Waals surface area contributed by atoms with E-state index >= 15 is 0 Å². The Morgan fingerprint density at radius 3 is 2.00 bits per heavy atom. The Morgan fingerprint density at radius 1 is 1.09 bits per heavy atom. The lowest BCUT2D eigenvalue weighted by Crippen LogP contribution is -1.88. The number of hydrogen-bond donors (Lipinski definition) is 2. The Balaban J connectivity index is 0. The zero-order valence-corrected chi connectivity index (χ0v) is 7.97. The molecule has 5 heteroatoms. The van der Waals surface area contributed by atoms with E-state index in [0.29, 0.717) is 16.4 Å². The molecular formula is C6H9Cl3N2. The number of nitrogen functional groups attached to an aromatic ring is 2. The van der Waals surface area contributed by atoms with Gasteiger partial charge in [0, 0.05) is 5.69 Å². The molecule has 1 aromatic carbocycles. The van der Waals surface area contributed by atoms with Gasteiger partial charge >= 0.3 is 0 Å². The summed E-state index contributed by atoms with van der Waals surface area (Å²) in [6.07, 6.45) is 0. The van der Waals surface area contributed by atoms with Crippen LogP contribution in [0.15, 0.2) is 18.2 Å². The largest absolute Gasteiger partial charge is 0.399 e. The number of benzene rings is 1. The zero-order valence-electron chi connectivity index (χ0n) is 5.58. The second-order valence-corrected chi connectivity index (χ2v) is 2.19. The van der Waals surface area contributed by atoms with Gasteiger partial charge in [0.1, 0.15) is 0 Å². The van der Waals surface area contributed by atoms with Gasteiger partial charge < -0.3 is 11.5 Å². The average Bonchev–Trinajstić information content (AvgIpc) is 1.80. The lowest BCUT2D eigenvalue weighted by Gasteiger charge is -1.96. The summed E-state index contributed by atoms with van der Waals surface area (Å²) < 4.78 is 0. The minimum atomic E-state index is 0. The third-order valence-electron chi connectivity index (χ3n) is 1.02. The third-order valence-corrected chi connectivity index (χ3v) is 1.35. The van der Waals surface area contributed by atoms with E-state index in [0.717, 1.165) is 0 Å². The Hall–Kier alpha value is -0.310. The molecule has 0 bridgehead atoms. The molecule has 0 spiro atoms. The molecule has 0 saturated heterocycles. The minimum absolute atomic E-state index is 0. The van der Waals surface area contributed by atoms with Crippen molar-refractivity contribution < 1.29 is 0 Å². The van der Waals surface area contributed by atoms with Crippen LogP contribution < -0.4 is 11.5 Å². The van der Waals surface area contributed by atoms with Gasteiger partial charge in [0.05, 0.1) is 10.7 Å². The lowest BCUT2D eigenvalue weighted by atomic mass is 10.3. The Kier molecular flexibility index (Phi) is 6.47. The first-order chi connectivity index (χ1) is 4.20. The van der Waals surface area contributed by atoms with Crippen LogP contribution in [0.25, 0.3) is 0 Å². The Bertz CT molecular complexity index is 227. The van der Waals surface area contributed by atoms with Crippen molar-refractivity contribution in [3.63, 3.8) is 0 Å². The molecule has 0 atom stereocenters. The molecule has 64 valence electrons. The van der Waals surface area contributed by atoms with Crippen LogP contribution in [0, 0.1) is 0 Å². The highest BCUT2D eigenvalue weighted by Gasteiger charge is 1.92. The zero-order chi connectivity index (χ0) is 6.85. The highest BCUT2D eigenvalue weighted by molar-refractivity contribution is 6.33. The van der Waals surface area contributed by atoms with Crippen molar-refractivity contribution in [3.8, 4) is 0 Å². The van der Waals surface area contributed by atoms with Crippen LogP contribution in [0.3, 0.4) is 0 Å². The first-order valence-electron chi connectivity index (χ1n) is 2.50. The monoisotopic (exact) mass is 214 g/mol. The first kappa shape index (κ1) is 13.3. The van der Waals surface area contributed by atoms with Gasteiger partial charge in [-0.25, -0.2) is 0 Å². The molecule has 0 unspecified atom stereocenters. The standard InChI is InChI=1S/C6H7ClN2.2ClH/c7-5-3-4(8)1-2-6(5)9;;/h1-3H,8-9H2;2*1H. The molecular weight excluding hydrogens is 206 g/mol. The van der Waals surface area contributed by atoms with Crippen molar-refractivity contribution in [2.24, 2.45) is 0 Å². The SMILES string of the molecule is Cl.Cl.Nc1ccc(N)c(Cl)c1. The van der Waals surface area contributed by atoms with Crippen LogP contribution in [0.5, 0.6) is 0 Å². The molecule has 0 fully saturated rings. The number of nitrogens with two attached hydrogens (primary N) is 2. The van der Waals surface area contributed by atoms with Crippen molar-refractivity contribution in [3.05, 3.63) is 23.2 Å². The second kappa shape index (κ2) is 5.35. The maximum atomic E-state index is 5.61. The van der Waals surface area contributed by atoms with Gasteiger partial charge in [0.15, 0.2) is 0 Å². The predicted octanol–water partition coefficient (Wildman–Crippen LogP) is 2.35. The number of hydrogen-bond acceptors (Lipinski definition) is 2. The smallest absolute Gasteiger partial charge is 0.0655 e. The molecule has 0 aliphatic rings. The van der Waals surface area contributed by atoms with Crippen LogP contribution in [-0.4, -0.2) is 0 Å². The van der Waals surface area contributed by atoms with Crippen LogP contribution >= 0.6 is 36.4 Å². The first-order valence-corrected chi connectivity index (χ1v) is 2.88. The molecule has 1 rings (SSSR count). The van der Waals surface area contributed by atoms with Crippen molar-refractivity contribution in [1.82, 2.24) is 0 Å². The molecule has 0 saturated carbocycles. The fourth-order valence-electron chi connectivity index (χ4n) is 0.543. The van der Waals surface area contributed by atoms with Crippen LogP contribution in [0.4, 0.5) is 11.4 Å². The summed E-state index contributed by atoms with van der Waals surface area (Å²) in [5.41, 5.74) is 12.0. The molecule has 0 aromatic heterocycles. The number of anilines is 2. The maximum absolute atomic E-state index is 5.61. The normalized spacial score (nSPS) is 7.73. The summed E-state index contributed by atoms with van der Waals surface area (Å²) in [6, 6.07) is 5.01. The van der Waals surface area contributed by atoms with E-state index in [4.69, 9.17) is 23.1 Å². The molecule has 11 heavy (non-hydrogen) atoms. The maximum Gasteiger partial charge on any atom is 0.0655 e. The summed E-state index contributed by atoms with van der Waals surface area (Å²) in [6.45, 7) is 0. The molecule has 2 nitrogen and oxygen atoms in total. The number of halogens is 3. The lowest BCUT2D eigenvalue weighted by molar-refractivity contribution is 1.66. The predicted molar refractivity (Wildman–Crippen MR) is 54.8 cm³/mol. The van der Waals surface area contributed by atoms with Crippen molar-refractivity contribution in [2.45, 2.75) is 0 Å². The van der Waals surface area contributed by atoms with Crippen LogP contribution in [0.2, 0.25) is 5.02 Å². The van der Waals surface area contributed by atoms with Crippen molar-refractivity contribution in [2.75, 3.05) is 11.5 Å². The topological polar surface area (TPSA) is 52.0 Å². The highest BCUT2D eigenvalue weighted by atomic mass is 35.5. The molecule has 0 radical (unpaired) electrons. The quantitative estimate of drug-likeness (QED) is 0.653. The fraction of sp³-hybridized carbons (Fsp3) is 0. The van der Waals surface area contributed by atoms with E-state index < -0.39 is 0 Å². The summed E-state index contributed by atoms with van der Waals surface area (Å²) >= 11 is 5.61. The molecule has 4 N–H and O–H groups in total. The van der Waals surface area contributed by atoms with E-state index in [-0.39, 0.29) is 24.8 Å². The Labute approximate surface area is 82.7 Å².